The van der Waals surface area contributed by atoms with Crippen LogP contribution in [0.5, 0.6) is 0 Å². The summed E-state index contributed by atoms with van der Waals surface area (Å²) in [6, 6.07) is 0. The fourth-order valence-electron chi connectivity index (χ4n) is 4.34. The molecule has 0 aliphatic heterocycles. The summed E-state index contributed by atoms with van der Waals surface area (Å²) in [4.78, 5) is 33.4. The zero-order chi connectivity index (χ0) is 24.9. The molecule has 0 heterocycles. The Kier molecular flexibility index (Phi) is 13.3. The van der Waals surface area contributed by atoms with E-state index in [1.807, 2.05) is 0 Å². The molecule has 9 nitrogen and oxygen atoms in total. The maximum absolute atomic E-state index is 11.8. The predicted octanol–water partition coefficient (Wildman–Crippen LogP) is 4.31. The molecule has 3 atom stereocenters. The van der Waals surface area contributed by atoms with Crippen molar-refractivity contribution in [3.05, 3.63) is 0 Å². The SMILES string of the molecule is CO/N=C(/CCCCC(=O)OC)CC[C@@H]1[C@@H](O[Si](C)(C)C)C/C(=N\OC)[C@H]1CCC(=O)OC. The molecule has 0 unspecified atom stereocenters. The number of methoxy groups -OCH3 is 2. The van der Waals surface area contributed by atoms with Crippen molar-refractivity contribution in [2.24, 2.45) is 22.1 Å². The first-order valence-electron chi connectivity index (χ1n) is 11.6. The average Bonchev–Trinajstić information content (AvgIpc) is 3.07. The van der Waals surface area contributed by atoms with E-state index in [9.17, 15) is 9.59 Å². The van der Waals surface area contributed by atoms with Crippen molar-refractivity contribution in [1.29, 1.82) is 0 Å². The molecule has 0 spiro atoms. The van der Waals surface area contributed by atoms with Gasteiger partial charge in [0.25, 0.3) is 0 Å². The van der Waals surface area contributed by atoms with Crippen molar-refractivity contribution in [1.82, 2.24) is 0 Å². The number of ether oxygens (including phenoxy) is 2. The number of esters is 2. The maximum atomic E-state index is 11.8. The van der Waals surface area contributed by atoms with E-state index in [4.69, 9.17) is 23.6 Å². The van der Waals surface area contributed by atoms with Gasteiger partial charge in [0.15, 0.2) is 8.32 Å². The summed E-state index contributed by atoms with van der Waals surface area (Å²) in [5.74, 6) is -0.163. The highest BCUT2D eigenvalue weighted by Gasteiger charge is 2.43. The van der Waals surface area contributed by atoms with E-state index >= 15 is 0 Å². The molecule has 0 aromatic rings. The van der Waals surface area contributed by atoms with Gasteiger partial charge in [-0.05, 0) is 64.1 Å². The molecule has 0 radical (unpaired) electrons. The van der Waals surface area contributed by atoms with E-state index < -0.39 is 8.32 Å². The summed E-state index contributed by atoms with van der Waals surface area (Å²) >= 11 is 0. The minimum Gasteiger partial charge on any atom is -0.469 e. The van der Waals surface area contributed by atoms with Gasteiger partial charge < -0.3 is 23.6 Å². The molecule has 0 saturated heterocycles. The van der Waals surface area contributed by atoms with Crippen molar-refractivity contribution in [3.63, 3.8) is 0 Å². The first-order valence-corrected chi connectivity index (χ1v) is 15.1. The molecule has 0 aromatic heterocycles. The van der Waals surface area contributed by atoms with Gasteiger partial charge in [0.2, 0.25) is 0 Å². The Labute approximate surface area is 199 Å². The smallest absolute Gasteiger partial charge is 0.305 e. The van der Waals surface area contributed by atoms with Crippen molar-refractivity contribution in [2.75, 3.05) is 28.4 Å². The quantitative estimate of drug-likeness (QED) is 0.112. The van der Waals surface area contributed by atoms with Crippen molar-refractivity contribution in [2.45, 2.75) is 83.5 Å². The lowest BCUT2D eigenvalue weighted by Crippen LogP contribution is -2.35. The van der Waals surface area contributed by atoms with Gasteiger partial charge in [-0.25, -0.2) is 0 Å². The zero-order valence-electron chi connectivity index (χ0n) is 21.3. The summed E-state index contributed by atoms with van der Waals surface area (Å²) < 4.78 is 16.1. The van der Waals surface area contributed by atoms with Crippen LogP contribution in [0.4, 0.5) is 0 Å². The Balaban J connectivity index is 2.92. The molecule has 10 heteroatoms. The summed E-state index contributed by atoms with van der Waals surface area (Å²) in [5.41, 5.74) is 1.90. The molecule has 0 N–H and O–H groups in total. The predicted molar refractivity (Wildman–Crippen MR) is 130 cm³/mol. The van der Waals surface area contributed by atoms with E-state index in [0.717, 1.165) is 43.5 Å². The molecule has 1 aliphatic rings. The van der Waals surface area contributed by atoms with Gasteiger partial charge in [-0.15, -0.1) is 0 Å². The Morgan fingerprint density at radius 3 is 2.09 bits per heavy atom. The lowest BCUT2D eigenvalue weighted by Gasteiger charge is -2.30. The van der Waals surface area contributed by atoms with E-state index in [0.29, 0.717) is 25.7 Å². The number of hydrogen-bond acceptors (Lipinski definition) is 9. The Bertz CT molecular complexity index is 676. The van der Waals surface area contributed by atoms with Crippen molar-refractivity contribution < 1.29 is 33.2 Å². The maximum Gasteiger partial charge on any atom is 0.305 e. The summed E-state index contributed by atoms with van der Waals surface area (Å²) in [6.07, 6.45) is 6.00. The van der Waals surface area contributed by atoms with Gasteiger partial charge in [0, 0.05) is 25.2 Å². The molecule has 0 aromatic carbocycles. The monoisotopic (exact) mass is 486 g/mol. The zero-order valence-corrected chi connectivity index (χ0v) is 22.3. The Morgan fingerprint density at radius 2 is 1.52 bits per heavy atom. The molecule has 1 fully saturated rings. The fraction of sp³-hybridized carbons (Fsp3) is 0.826. The highest BCUT2D eigenvalue weighted by atomic mass is 28.4. The summed E-state index contributed by atoms with van der Waals surface area (Å²) in [6.45, 7) is 6.54. The van der Waals surface area contributed by atoms with Crippen LogP contribution in [-0.4, -0.2) is 66.2 Å². The molecular weight excluding hydrogens is 444 g/mol. The standard InChI is InChI=1S/C23H42N2O7Si/c1-28-22(26)11-9-8-10-17(24-30-3)12-13-19-18(14-15-23(27)29-2)20(25-31-4)16-21(19)32-33(5,6)7/h18-19,21H,8-16H2,1-7H3/b24-17-,25-20+/t18-,19-,21-/m0/s1. The van der Waals surface area contributed by atoms with E-state index in [1.165, 1.54) is 14.2 Å². The normalized spacial score (nSPS) is 22.3. The minimum absolute atomic E-state index is 0.0244. The number of nitrogens with zero attached hydrogens (tertiary/aromatic N) is 2. The summed E-state index contributed by atoms with van der Waals surface area (Å²) in [7, 11) is 4.10. The van der Waals surface area contributed by atoms with Crippen LogP contribution in [0.2, 0.25) is 19.6 Å². The van der Waals surface area contributed by atoms with Crippen LogP contribution in [0.1, 0.15) is 57.8 Å². The third-order valence-electron chi connectivity index (χ3n) is 5.74. The number of carbonyl (C=O) groups excluding carboxylic acids is 2. The van der Waals surface area contributed by atoms with Crippen LogP contribution in [0, 0.1) is 11.8 Å². The molecule has 0 bridgehead atoms. The number of rotatable bonds is 15. The van der Waals surface area contributed by atoms with Crippen LogP contribution < -0.4 is 0 Å². The van der Waals surface area contributed by atoms with Gasteiger partial charge in [0.05, 0.1) is 31.7 Å². The average molecular weight is 487 g/mol. The first-order chi connectivity index (χ1) is 15.6. The lowest BCUT2D eigenvalue weighted by molar-refractivity contribution is -0.141. The van der Waals surface area contributed by atoms with Crippen LogP contribution in [0.15, 0.2) is 10.3 Å². The highest BCUT2D eigenvalue weighted by molar-refractivity contribution is 6.69. The van der Waals surface area contributed by atoms with Crippen LogP contribution >= 0.6 is 0 Å². The minimum atomic E-state index is -1.80. The lowest BCUT2D eigenvalue weighted by atomic mass is 9.85. The highest BCUT2D eigenvalue weighted by Crippen LogP contribution is 2.40. The molecule has 190 valence electrons. The van der Waals surface area contributed by atoms with Crippen LogP contribution in [0.3, 0.4) is 0 Å². The molecule has 0 amide bonds. The molecule has 33 heavy (non-hydrogen) atoms. The van der Waals surface area contributed by atoms with Crippen molar-refractivity contribution >= 4 is 31.7 Å². The van der Waals surface area contributed by atoms with Crippen molar-refractivity contribution in [3.8, 4) is 0 Å². The molecule has 1 rings (SSSR count). The van der Waals surface area contributed by atoms with Gasteiger partial charge in [-0.3, -0.25) is 9.59 Å². The molecule has 1 aliphatic carbocycles. The number of unbranched alkanes of at least 4 members (excludes halogenated alkanes) is 1. The second kappa shape index (κ2) is 15.1. The second-order valence-corrected chi connectivity index (χ2v) is 13.7. The largest absolute Gasteiger partial charge is 0.469 e. The van der Waals surface area contributed by atoms with Gasteiger partial charge in [-0.2, -0.15) is 0 Å². The van der Waals surface area contributed by atoms with Crippen LogP contribution in [-0.2, 0) is 33.2 Å². The number of carbonyl (C=O) groups is 2. The Morgan fingerprint density at radius 1 is 0.879 bits per heavy atom. The van der Waals surface area contributed by atoms with E-state index in [1.54, 1.807) is 14.2 Å². The third kappa shape index (κ3) is 11.2. The van der Waals surface area contributed by atoms with E-state index in [2.05, 4.69) is 30.0 Å². The van der Waals surface area contributed by atoms with Crippen LogP contribution in [0.25, 0.3) is 0 Å². The van der Waals surface area contributed by atoms with E-state index in [-0.39, 0.29) is 29.9 Å². The number of oxime groups is 2. The summed E-state index contributed by atoms with van der Waals surface area (Å²) in [5, 5.41) is 8.52. The Hall–Kier alpha value is -1.94. The second-order valence-electron chi connectivity index (χ2n) is 9.29. The van der Waals surface area contributed by atoms with Gasteiger partial charge in [0.1, 0.15) is 14.2 Å². The topological polar surface area (TPSA) is 105 Å². The van der Waals surface area contributed by atoms with Gasteiger partial charge >= 0.3 is 11.9 Å². The van der Waals surface area contributed by atoms with Gasteiger partial charge in [-0.1, -0.05) is 10.3 Å². The first kappa shape index (κ1) is 29.1. The fourth-order valence-corrected chi connectivity index (χ4v) is 5.51. The third-order valence-corrected chi connectivity index (χ3v) is 6.75. The molecular formula is C23H42N2O7Si. The molecule has 1 saturated carbocycles. The number of hydrogen-bond donors (Lipinski definition) is 0.